The van der Waals surface area contributed by atoms with Crippen molar-refractivity contribution in [3.63, 3.8) is 0 Å². The molecule has 0 aliphatic carbocycles. The van der Waals surface area contributed by atoms with Crippen LogP contribution >= 0.6 is 15.9 Å². The molecule has 0 bridgehead atoms. The predicted octanol–water partition coefficient (Wildman–Crippen LogP) is 2.17. The van der Waals surface area contributed by atoms with Crippen LogP contribution in [0.2, 0.25) is 0 Å². The average Bonchev–Trinajstić information content (AvgIpc) is 2.63. The number of nitrogens with one attached hydrogen (secondary N) is 1. The van der Waals surface area contributed by atoms with Crippen LogP contribution in [0.15, 0.2) is 57.9 Å². The maximum absolute atomic E-state index is 12.1. The second-order valence-electron chi connectivity index (χ2n) is 5.96. The zero-order valence-electron chi connectivity index (χ0n) is 14.7. The first kappa shape index (κ1) is 19.9. The van der Waals surface area contributed by atoms with Gasteiger partial charge in [-0.25, -0.2) is 0 Å². The summed E-state index contributed by atoms with van der Waals surface area (Å²) in [7, 11) is 1.75. The Kier molecular flexibility index (Phi) is 7.59. The number of aromatic nitrogens is 1. The number of nitrogens with zero attached hydrogens (tertiary/aromatic N) is 2. The number of rotatable bonds is 8. The second kappa shape index (κ2) is 9.91. The molecule has 0 spiro atoms. The summed E-state index contributed by atoms with van der Waals surface area (Å²) in [5.74, 6) is -0.215. The van der Waals surface area contributed by atoms with Gasteiger partial charge in [0, 0.05) is 56.3 Å². The zero-order valence-corrected chi connectivity index (χ0v) is 16.2. The fraction of sp³-hybridized carbons (Fsp3) is 0.316. The van der Waals surface area contributed by atoms with Crippen LogP contribution in [0.25, 0.3) is 0 Å². The topological polar surface area (TPSA) is 71.4 Å². The number of hydrogen-bond acceptors (Lipinski definition) is 3. The maximum atomic E-state index is 12.1. The summed E-state index contributed by atoms with van der Waals surface area (Å²) in [6.45, 7) is 1.12. The van der Waals surface area contributed by atoms with E-state index in [1.54, 1.807) is 24.2 Å². The standard InChI is InChI=1S/C19H22BrN3O3/c1-22(13-15-5-3-2-4-6-15)18(25)9-11-21-17(24)10-12-23-14-16(20)7-8-19(23)26/h2-8,14H,9-13H2,1H3,(H,21,24). The molecule has 0 aliphatic rings. The summed E-state index contributed by atoms with van der Waals surface area (Å²) in [6.07, 6.45) is 2.08. The molecule has 1 heterocycles. The van der Waals surface area contributed by atoms with Gasteiger partial charge in [0.2, 0.25) is 11.8 Å². The fourth-order valence-corrected chi connectivity index (χ4v) is 2.81. The third-order valence-corrected chi connectivity index (χ3v) is 4.35. The quantitative estimate of drug-likeness (QED) is 0.712. The Balaban J connectivity index is 1.69. The normalized spacial score (nSPS) is 10.4. The summed E-state index contributed by atoms with van der Waals surface area (Å²) < 4.78 is 2.26. The molecule has 138 valence electrons. The Morgan fingerprint density at radius 2 is 1.85 bits per heavy atom. The van der Waals surface area contributed by atoms with Crippen LogP contribution in [0.3, 0.4) is 0 Å². The molecule has 0 fully saturated rings. The van der Waals surface area contributed by atoms with Crippen molar-refractivity contribution in [1.82, 2.24) is 14.8 Å². The van der Waals surface area contributed by atoms with Gasteiger partial charge in [-0.05, 0) is 27.6 Å². The van der Waals surface area contributed by atoms with Gasteiger partial charge in [0.25, 0.3) is 5.56 Å². The summed E-state index contributed by atoms with van der Waals surface area (Å²) >= 11 is 3.30. The number of aryl methyl sites for hydroxylation is 1. The molecule has 0 radical (unpaired) electrons. The number of carbonyl (C=O) groups excluding carboxylic acids is 2. The van der Waals surface area contributed by atoms with Crippen LogP contribution in [-0.2, 0) is 22.7 Å². The second-order valence-corrected chi connectivity index (χ2v) is 6.88. The van der Waals surface area contributed by atoms with Crippen molar-refractivity contribution in [3.05, 3.63) is 69.1 Å². The Hall–Kier alpha value is -2.41. The molecule has 1 aromatic carbocycles. The van der Waals surface area contributed by atoms with Crippen LogP contribution in [0.5, 0.6) is 0 Å². The van der Waals surface area contributed by atoms with Crippen LogP contribution in [-0.4, -0.2) is 34.9 Å². The number of hydrogen-bond donors (Lipinski definition) is 1. The van der Waals surface area contributed by atoms with E-state index in [0.29, 0.717) is 13.1 Å². The molecule has 0 saturated carbocycles. The lowest BCUT2D eigenvalue weighted by Crippen LogP contribution is -2.32. The lowest BCUT2D eigenvalue weighted by molar-refractivity contribution is -0.130. The van der Waals surface area contributed by atoms with E-state index in [-0.39, 0.29) is 36.8 Å². The van der Waals surface area contributed by atoms with Crippen LogP contribution < -0.4 is 10.9 Å². The number of halogens is 1. The zero-order chi connectivity index (χ0) is 18.9. The Morgan fingerprint density at radius 1 is 1.12 bits per heavy atom. The van der Waals surface area contributed by atoms with Gasteiger partial charge in [-0.15, -0.1) is 0 Å². The highest BCUT2D eigenvalue weighted by Crippen LogP contribution is 2.05. The molecule has 0 atom stereocenters. The van der Waals surface area contributed by atoms with Crippen LogP contribution in [0.4, 0.5) is 0 Å². The van der Waals surface area contributed by atoms with Gasteiger partial charge < -0.3 is 14.8 Å². The minimum absolute atomic E-state index is 0.0302. The number of carbonyl (C=O) groups is 2. The van der Waals surface area contributed by atoms with Crippen molar-refractivity contribution < 1.29 is 9.59 Å². The Labute approximate surface area is 160 Å². The number of amides is 2. The fourth-order valence-electron chi connectivity index (χ4n) is 2.43. The van der Waals surface area contributed by atoms with E-state index in [4.69, 9.17) is 0 Å². The summed E-state index contributed by atoms with van der Waals surface area (Å²) in [5.41, 5.74) is 0.908. The molecule has 26 heavy (non-hydrogen) atoms. The molecule has 1 aromatic heterocycles. The minimum atomic E-state index is -0.185. The van der Waals surface area contributed by atoms with Gasteiger partial charge in [0.1, 0.15) is 0 Å². The number of benzene rings is 1. The van der Waals surface area contributed by atoms with Crippen LogP contribution in [0.1, 0.15) is 18.4 Å². The van der Waals surface area contributed by atoms with Gasteiger partial charge >= 0.3 is 0 Å². The molecule has 2 amide bonds. The van der Waals surface area contributed by atoms with Crippen molar-refractivity contribution in [2.24, 2.45) is 0 Å². The van der Waals surface area contributed by atoms with Crippen LogP contribution in [0, 0.1) is 0 Å². The smallest absolute Gasteiger partial charge is 0.250 e. The molecule has 0 aliphatic heterocycles. The van der Waals surface area contributed by atoms with E-state index in [0.717, 1.165) is 10.0 Å². The van der Waals surface area contributed by atoms with Crippen molar-refractivity contribution in [2.45, 2.75) is 25.9 Å². The first-order valence-electron chi connectivity index (χ1n) is 8.36. The van der Waals surface area contributed by atoms with E-state index < -0.39 is 0 Å². The average molecular weight is 420 g/mol. The minimum Gasteiger partial charge on any atom is -0.356 e. The lowest BCUT2D eigenvalue weighted by Gasteiger charge is -2.17. The Bertz CT molecular complexity index is 805. The monoisotopic (exact) mass is 419 g/mol. The third kappa shape index (κ3) is 6.48. The van der Waals surface area contributed by atoms with Gasteiger partial charge in [-0.3, -0.25) is 14.4 Å². The highest BCUT2D eigenvalue weighted by atomic mass is 79.9. The van der Waals surface area contributed by atoms with Crippen molar-refractivity contribution >= 4 is 27.7 Å². The molecule has 2 aromatic rings. The van der Waals surface area contributed by atoms with Gasteiger partial charge in [-0.1, -0.05) is 30.3 Å². The molecule has 1 N–H and O–H groups in total. The lowest BCUT2D eigenvalue weighted by atomic mass is 10.2. The first-order chi connectivity index (χ1) is 12.5. The summed E-state index contributed by atoms with van der Waals surface area (Å²) in [5, 5.41) is 2.72. The molecule has 0 unspecified atom stereocenters. The van der Waals surface area contributed by atoms with E-state index >= 15 is 0 Å². The molecular formula is C19H22BrN3O3. The number of pyridine rings is 1. The summed E-state index contributed by atoms with van der Waals surface area (Å²) in [6, 6.07) is 12.8. The van der Waals surface area contributed by atoms with Crippen molar-refractivity contribution in [3.8, 4) is 0 Å². The Morgan fingerprint density at radius 3 is 2.58 bits per heavy atom. The SMILES string of the molecule is CN(Cc1ccccc1)C(=O)CCNC(=O)CCn1cc(Br)ccc1=O. The molecule has 0 saturated heterocycles. The third-order valence-electron chi connectivity index (χ3n) is 3.88. The van der Waals surface area contributed by atoms with E-state index in [1.165, 1.54) is 10.6 Å². The molecule has 2 rings (SSSR count). The largest absolute Gasteiger partial charge is 0.356 e. The van der Waals surface area contributed by atoms with E-state index in [9.17, 15) is 14.4 Å². The van der Waals surface area contributed by atoms with Crippen molar-refractivity contribution in [1.29, 1.82) is 0 Å². The van der Waals surface area contributed by atoms with Crippen molar-refractivity contribution in [2.75, 3.05) is 13.6 Å². The van der Waals surface area contributed by atoms with E-state index in [2.05, 4.69) is 21.2 Å². The highest BCUT2D eigenvalue weighted by Gasteiger charge is 2.10. The first-order valence-corrected chi connectivity index (χ1v) is 9.15. The molecule has 7 heteroatoms. The van der Waals surface area contributed by atoms with Gasteiger partial charge in [0.05, 0.1) is 0 Å². The molecule has 6 nitrogen and oxygen atoms in total. The maximum Gasteiger partial charge on any atom is 0.250 e. The van der Waals surface area contributed by atoms with Gasteiger partial charge in [0.15, 0.2) is 0 Å². The van der Waals surface area contributed by atoms with Gasteiger partial charge in [-0.2, -0.15) is 0 Å². The summed E-state index contributed by atoms with van der Waals surface area (Å²) in [4.78, 5) is 37.3. The highest BCUT2D eigenvalue weighted by molar-refractivity contribution is 9.10. The van der Waals surface area contributed by atoms with E-state index in [1.807, 2.05) is 30.3 Å². The predicted molar refractivity (Wildman–Crippen MR) is 104 cm³/mol. The molecular weight excluding hydrogens is 398 g/mol.